The molecule has 3 amide bonds. The van der Waals surface area contributed by atoms with Gasteiger partial charge in [0.1, 0.15) is 35.3 Å². The number of amides is 3. The molecule has 2 saturated carbocycles. The minimum Gasteiger partial charge on any atom is -0.497 e. The van der Waals surface area contributed by atoms with E-state index in [1.54, 1.807) is 43.1 Å². The number of rotatable bonds is 7. The van der Waals surface area contributed by atoms with Gasteiger partial charge >= 0.3 is 0 Å². The van der Waals surface area contributed by atoms with Crippen molar-refractivity contribution < 1.29 is 37.0 Å². The molecule has 266 valence electrons. The first-order valence-corrected chi connectivity index (χ1v) is 18.7. The molecule has 2 N–H and O–H groups in total. The fourth-order valence-corrected chi connectivity index (χ4v) is 8.12. The Kier molecular flexibility index (Phi) is 9.05. The SMILES string of the molecule is COc1ccc2c(OC3CC4C(=O)NC5(C(=O)NS(=O)(=O)C6CC6)CC5C=CCCCCOC(C)C(=O)N4C3)cc(-n3ccc(C)n3)nc2c1. The summed E-state index contributed by atoms with van der Waals surface area (Å²) < 4.78 is 47.3. The number of hydrogen-bond donors (Lipinski definition) is 2. The summed E-state index contributed by atoms with van der Waals surface area (Å²) >= 11 is 0. The molecule has 7 rings (SSSR count). The van der Waals surface area contributed by atoms with Crippen molar-refractivity contribution in [1.82, 2.24) is 29.7 Å². The molecule has 5 unspecified atom stereocenters. The molecule has 4 heterocycles. The lowest BCUT2D eigenvalue weighted by atomic mass is 10.1. The summed E-state index contributed by atoms with van der Waals surface area (Å²) in [5, 5.41) is 7.50. The summed E-state index contributed by atoms with van der Waals surface area (Å²) in [5.74, 6) is -0.454. The quantitative estimate of drug-likeness (QED) is 0.348. The van der Waals surface area contributed by atoms with Crippen LogP contribution in [0.25, 0.3) is 16.7 Å². The fourth-order valence-electron chi connectivity index (χ4n) is 6.76. The lowest BCUT2D eigenvalue weighted by molar-refractivity contribution is -0.147. The number of pyridine rings is 1. The molecule has 2 aliphatic heterocycles. The summed E-state index contributed by atoms with van der Waals surface area (Å²) in [4.78, 5) is 47.9. The van der Waals surface area contributed by atoms with E-state index in [1.165, 1.54) is 4.90 Å². The van der Waals surface area contributed by atoms with Crippen LogP contribution in [0.1, 0.15) is 57.6 Å². The van der Waals surface area contributed by atoms with Crippen LogP contribution in [-0.2, 0) is 29.1 Å². The minimum atomic E-state index is -3.85. The Bertz CT molecular complexity index is 1960. The summed E-state index contributed by atoms with van der Waals surface area (Å²) in [7, 11) is -2.27. The van der Waals surface area contributed by atoms with E-state index in [2.05, 4.69) is 15.1 Å². The average Bonchev–Trinajstić information content (AvgIpc) is 3.98. The van der Waals surface area contributed by atoms with E-state index in [9.17, 15) is 22.8 Å². The Morgan fingerprint density at radius 1 is 1.16 bits per heavy atom. The van der Waals surface area contributed by atoms with Crippen LogP contribution in [0.15, 0.2) is 48.7 Å². The zero-order valence-electron chi connectivity index (χ0n) is 28.3. The van der Waals surface area contributed by atoms with E-state index in [0.717, 1.165) is 25.0 Å². The van der Waals surface area contributed by atoms with Gasteiger partial charge in [0.2, 0.25) is 15.9 Å². The van der Waals surface area contributed by atoms with Gasteiger partial charge in [-0.25, -0.2) is 18.1 Å². The number of aromatic nitrogens is 3. The van der Waals surface area contributed by atoms with Gasteiger partial charge in [-0.2, -0.15) is 5.10 Å². The van der Waals surface area contributed by atoms with Crippen LogP contribution >= 0.6 is 0 Å². The van der Waals surface area contributed by atoms with Gasteiger partial charge in [0.05, 0.1) is 30.1 Å². The van der Waals surface area contributed by atoms with Gasteiger partial charge in [-0.3, -0.25) is 19.1 Å². The number of carbonyl (C=O) groups excluding carboxylic acids is 3. The van der Waals surface area contributed by atoms with Crippen LogP contribution in [-0.4, -0.2) is 95.1 Å². The molecule has 3 aromatic rings. The van der Waals surface area contributed by atoms with Crippen molar-refractivity contribution in [3.63, 3.8) is 0 Å². The van der Waals surface area contributed by atoms with Crippen molar-refractivity contribution >= 4 is 38.6 Å². The first-order chi connectivity index (χ1) is 24.0. The molecule has 15 heteroatoms. The number of carbonyl (C=O) groups is 3. The van der Waals surface area contributed by atoms with Crippen LogP contribution in [0.5, 0.6) is 11.5 Å². The topological polar surface area (TPSA) is 171 Å². The highest BCUT2D eigenvalue weighted by molar-refractivity contribution is 7.91. The smallest absolute Gasteiger partial charge is 0.259 e. The van der Waals surface area contributed by atoms with Crippen molar-refractivity contribution in [3.05, 3.63) is 54.4 Å². The number of allylic oxidation sites excluding steroid dienone is 1. The first-order valence-electron chi connectivity index (χ1n) is 17.1. The van der Waals surface area contributed by atoms with Gasteiger partial charge in [0, 0.05) is 42.7 Å². The van der Waals surface area contributed by atoms with Gasteiger partial charge in [-0.1, -0.05) is 12.2 Å². The van der Waals surface area contributed by atoms with Gasteiger partial charge < -0.3 is 24.4 Å². The third kappa shape index (κ3) is 6.80. The van der Waals surface area contributed by atoms with Crippen molar-refractivity contribution in [3.8, 4) is 17.3 Å². The molecule has 1 aromatic carbocycles. The van der Waals surface area contributed by atoms with Crippen molar-refractivity contribution in [2.45, 2.75) is 87.8 Å². The Balaban J connectivity index is 1.19. The number of benzene rings is 1. The number of fused-ring (bicyclic) bond motifs is 3. The monoisotopic (exact) mass is 706 g/mol. The summed E-state index contributed by atoms with van der Waals surface area (Å²) in [6, 6.07) is 8.08. The number of nitrogens with zero attached hydrogens (tertiary/aromatic N) is 4. The van der Waals surface area contributed by atoms with Crippen molar-refractivity contribution in [1.29, 1.82) is 0 Å². The third-order valence-electron chi connectivity index (χ3n) is 9.88. The molecule has 1 saturated heterocycles. The molecule has 5 atom stereocenters. The zero-order chi connectivity index (χ0) is 35.2. The Morgan fingerprint density at radius 3 is 2.72 bits per heavy atom. The maximum Gasteiger partial charge on any atom is 0.259 e. The molecular weight excluding hydrogens is 664 g/mol. The van der Waals surface area contributed by atoms with Gasteiger partial charge in [0.25, 0.3) is 11.8 Å². The molecule has 2 aromatic heterocycles. The highest BCUT2D eigenvalue weighted by Crippen LogP contribution is 2.46. The number of methoxy groups -OCH3 is 1. The van der Waals surface area contributed by atoms with Crippen LogP contribution in [0.3, 0.4) is 0 Å². The predicted octanol–water partition coefficient (Wildman–Crippen LogP) is 2.71. The molecule has 3 fully saturated rings. The van der Waals surface area contributed by atoms with Crippen LogP contribution in [0, 0.1) is 12.8 Å². The lowest BCUT2D eigenvalue weighted by Gasteiger charge is -2.28. The summed E-state index contributed by atoms with van der Waals surface area (Å²) in [6.07, 6.45) is 7.81. The van der Waals surface area contributed by atoms with Crippen LogP contribution in [0.2, 0.25) is 0 Å². The standard InChI is InChI=1S/C35H42N6O8S/c1-21-13-14-41(38-21)31-18-30(27-12-9-24(47-3)16-28(27)36-31)49-25-17-29-32(42)37-35(34(44)39-50(45,46)26-10-11-26)19-23(35)8-6-4-5-7-15-48-22(2)33(43)40(29)20-25/h6,8-9,12-14,16,18,22-23,25-26,29H,4-5,7,10-11,15,17,19-20H2,1-3H3,(H,37,42)(H,39,44). The van der Waals surface area contributed by atoms with E-state index in [-0.39, 0.29) is 31.2 Å². The predicted molar refractivity (Wildman–Crippen MR) is 182 cm³/mol. The Labute approximate surface area is 290 Å². The van der Waals surface area contributed by atoms with Crippen molar-refractivity contribution in [2.75, 3.05) is 20.3 Å². The maximum atomic E-state index is 14.2. The van der Waals surface area contributed by atoms with E-state index in [4.69, 9.17) is 19.2 Å². The van der Waals surface area contributed by atoms with Crippen molar-refractivity contribution in [2.24, 2.45) is 5.92 Å². The molecule has 0 spiro atoms. The highest BCUT2D eigenvalue weighted by atomic mass is 32.2. The van der Waals surface area contributed by atoms with Crippen LogP contribution < -0.4 is 19.5 Å². The lowest BCUT2D eigenvalue weighted by Crippen LogP contribution is -2.57. The largest absolute Gasteiger partial charge is 0.497 e. The average molecular weight is 707 g/mol. The first kappa shape index (κ1) is 34.0. The second kappa shape index (κ2) is 13.3. The molecule has 0 bridgehead atoms. The molecule has 2 aliphatic carbocycles. The number of aryl methyl sites for hydroxylation is 1. The van der Waals surface area contributed by atoms with Crippen LogP contribution in [0.4, 0.5) is 0 Å². The van der Waals surface area contributed by atoms with E-state index in [1.807, 2.05) is 31.2 Å². The maximum absolute atomic E-state index is 14.2. The molecule has 14 nitrogen and oxygen atoms in total. The minimum absolute atomic E-state index is 0.0827. The summed E-state index contributed by atoms with van der Waals surface area (Å²) in [5.41, 5.74) is -0.0235. The molecular formula is C35H42N6O8S. The number of hydrogen-bond acceptors (Lipinski definition) is 10. The summed E-state index contributed by atoms with van der Waals surface area (Å²) in [6.45, 7) is 4.01. The van der Waals surface area contributed by atoms with E-state index < -0.39 is 50.9 Å². The molecule has 0 radical (unpaired) electrons. The number of ether oxygens (including phenoxy) is 3. The Hall–Kier alpha value is -4.50. The Morgan fingerprint density at radius 2 is 1.98 bits per heavy atom. The van der Waals surface area contributed by atoms with Gasteiger partial charge in [-0.05, 0) is 70.6 Å². The van der Waals surface area contributed by atoms with E-state index in [0.29, 0.717) is 47.7 Å². The molecule has 50 heavy (non-hydrogen) atoms. The second-order valence-electron chi connectivity index (χ2n) is 13.6. The normalized spacial score (nSPS) is 27.5. The second-order valence-corrected chi connectivity index (χ2v) is 15.6. The zero-order valence-corrected chi connectivity index (χ0v) is 29.1. The number of sulfonamides is 1. The van der Waals surface area contributed by atoms with Gasteiger partial charge in [-0.15, -0.1) is 0 Å². The van der Waals surface area contributed by atoms with E-state index >= 15 is 0 Å². The highest BCUT2D eigenvalue weighted by Gasteiger charge is 2.62. The van der Waals surface area contributed by atoms with Gasteiger partial charge in [0.15, 0.2) is 5.82 Å². The third-order valence-corrected chi connectivity index (χ3v) is 11.7. The molecule has 4 aliphatic rings. The number of nitrogens with one attached hydrogen (secondary N) is 2. The fraction of sp³-hybridized carbons (Fsp3) is 0.514.